The van der Waals surface area contributed by atoms with Crippen LogP contribution >= 0.6 is 0 Å². The van der Waals surface area contributed by atoms with E-state index in [1.165, 1.54) is 27.1 Å². The largest absolute Gasteiger partial charge is 0.456 e. The molecule has 1 heterocycles. The van der Waals surface area contributed by atoms with E-state index in [2.05, 4.69) is 96.6 Å². The smallest absolute Gasteiger partial charge is 0.161 e. The predicted octanol–water partition coefficient (Wildman–Crippen LogP) is 10.7. The Balaban J connectivity index is 1.31. The van der Waals surface area contributed by atoms with Crippen LogP contribution in [0.5, 0.6) is 0 Å². The first kappa shape index (κ1) is 27.4. The van der Waals surface area contributed by atoms with Crippen LogP contribution in [0.1, 0.15) is 16.7 Å². The van der Waals surface area contributed by atoms with E-state index < -0.39 is 0 Å². The summed E-state index contributed by atoms with van der Waals surface area (Å²) in [7, 11) is 0. The summed E-state index contributed by atoms with van der Waals surface area (Å²) >= 11 is 0. The molecule has 0 spiro atoms. The summed E-state index contributed by atoms with van der Waals surface area (Å²) in [5.41, 5.74) is 6.73. The minimum absolute atomic E-state index is 0.491. The van der Waals surface area contributed by atoms with E-state index in [9.17, 15) is 0 Å². The first-order chi connectivity index (χ1) is 22.8. The lowest BCUT2D eigenvalue weighted by Gasteiger charge is -2.11. The number of fused-ring (bicyclic) bond motifs is 6. The molecule has 218 valence electrons. The van der Waals surface area contributed by atoms with Crippen molar-refractivity contribution < 1.29 is 4.42 Å². The lowest BCUT2D eigenvalue weighted by Crippen LogP contribution is -2.06. The third kappa shape index (κ3) is 4.96. The molecule has 0 atom stereocenters. The number of hydrogen-bond donors (Lipinski definition) is 0. The Kier molecular flexibility index (Phi) is 7.01. The molecule has 0 saturated carbocycles. The van der Waals surface area contributed by atoms with Gasteiger partial charge in [-0.25, -0.2) is 9.98 Å². The molecule has 0 saturated heterocycles. The molecule has 0 unspecified atom stereocenters. The number of hydrogen-bond acceptors (Lipinski definition) is 2. The van der Waals surface area contributed by atoms with Crippen molar-refractivity contribution >= 4 is 61.9 Å². The Morgan fingerprint density at radius 1 is 0.565 bits per heavy atom. The molecule has 0 bridgehead atoms. The van der Waals surface area contributed by atoms with E-state index in [1.54, 1.807) is 0 Å². The van der Waals surface area contributed by atoms with Gasteiger partial charge in [0.1, 0.15) is 11.2 Å². The zero-order valence-electron chi connectivity index (χ0n) is 25.1. The number of amidine groups is 2. The second-order valence-corrected chi connectivity index (χ2v) is 11.3. The number of furan rings is 1. The van der Waals surface area contributed by atoms with E-state index in [1.807, 2.05) is 66.7 Å². The number of rotatable bonds is 5. The maximum Gasteiger partial charge on any atom is 0.161 e. The van der Waals surface area contributed by atoms with Crippen LogP contribution in [0.25, 0.3) is 54.6 Å². The highest BCUT2D eigenvalue weighted by Crippen LogP contribution is 2.39. The highest BCUT2D eigenvalue weighted by molar-refractivity contribution is 6.22. The van der Waals surface area contributed by atoms with Gasteiger partial charge in [-0.1, -0.05) is 127 Å². The normalized spacial score (nSPS) is 12.3. The Labute approximate surface area is 266 Å². The van der Waals surface area contributed by atoms with Crippen molar-refractivity contribution in [2.24, 2.45) is 15.0 Å². The Morgan fingerprint density at radius 2 is 1.28 bits per heavy atom. The molecule has 0 amide bonds. The van der Waals surface area contributed by atoms with Crippen molar-refractivity contribution in [3.63, 3.8) is 0 Å². The van der Waals surface area contributed by atoms with Crippen molar-refractivity contribution in [1.29, 1.82) is 0 Å². The molecule has 8 rings (SSSR count). The first-order valence-electron chi connectivity index (χ1n) is 15.3. The Morgan fingerprint density at radius 3 is 2.09 bits per heavy atom. The first-order valence-corrected chi connectivity index (χ1v) is 15.3. The van der Waals surface area contributed by atoms with Gasteiger partial charge in [0.2, 0.25) is 0 Å². The third-order valence-electron chi connectivity index (χ3n) is 8.46. The van der Waals surface area contributed by atoms with Gasteiger partial charge in [0.15, 0.2) is 11.7 Å². The standard InChI is InChI=1S/C42H29N3O/c1-43-42(45-41(29-15-6-3-7-16-29)44-27-28-13-4-2-5-14-28)35-21-12-22-39-40(35)37-26-31(23-24-38(37)46-39)36-25-30-17-8-9-18-32(30)33-19-10-11-20-34(33)36/h2-26H,1,27H2. The molecule has 0 aliphatic heterocycles. The summed E-state index contributed by atoms with van der Waals surface area (Å²) in [4.78, 5) is 14.4. The van der Waals surface area contributed by atoms with Crippen molar-refractivity contribution in [3.8, 4) is 11.1 Å². The van der Waals surface area contributed by atoms with E-state index in [4.69, 9.17) is 14.4 Å². The van der Waals surface area contributed by atoms with Crippen molar-refractivity contribution in [2.45, 2.75) is 6.54 Å². The average Bonchev–Trinajstić information content (AvgIpc) is 3.51. The van der Waals surface area contributed by atoms with Gasteiger partial charge < -0.3 is 4.42 Å². The maximum absolute atomic E-state index is 6.38. The Hall–Kier alpha value is -6.13. The predicted molar refractivity (Wildman–Crippen MR) is 193 cm³/mol. The van der Waals surface area contributed by atoms with E-state index in [-0.39, 0.29) is 0 Å². The zero-order chi connectivity index (χ0) is 30.9. The van der Waals surface area contributed by atoms with E-state index >= 15 is 0 Å². The van der Waals surface area contributed by atoms with Crippen molar-refractivity contribution in [2.75, 3.05) is 0 Å². The highest BCUT2D eigenvalue weighted by Gasteiger charge is 2.17. The lowest BCUT2D eigenvalue weighted by atomic mass is 9.92. The van der Waals surface area contributed by atoms with Crippen LogP contribution in [-0.2, 0) is 6.54 Å². The van der Waals surface area contributed by atoms with Crippen LogP contribution in [0.4, 0.5) is 0 Å². The molecule has 46 heavy (non-hydrogen) atoms. The summed E-state index contributed by atoms with van der Waals surface area (Å²) in [6.07, 6.45) is 0. The minimum atomic E-state index is 0.491. The summed E-state index contributed by atoms with van der Waals surface area (Å²) in [5, 5.41) is 6.86. The van der Waals surface area contributed by atoms with Crippen molar-refractivity contribution in [3.05, 3.63) is 168 Å². The number of nitrogens with zero attached hydrogens (tertiary/aromatic N) is 3. The van der Waals surface area contributed by atoms with Gasteiger partial charge in [-0.3, -0.25) is 4.99 Å². The van der Waals surface area contributed by atoms with Gasteiger partial charge in [0, 0.05) is 21.9 Å². The van der Waals surface area contributed by atoms with Gasteiger partial charge in [-0.05, 0) is 69.2 Å². The molecule has 0 aliphatic rings. The summed E-state index contributed by atoms with van der Waals surface area (Å²) < 4.78 is 6.38. The lowest BCUT2D eigenvalue weighted by molar-refractivity contribution is 0.669. The second kappa shape index (κ2) is 11.8. The van der Waals surface area contributed by atoms with Gasteiger partial charge in [-0.2, -0.15) is 0 Å². The molecule has 4 heteroatoms. The summed E-state index contributed by atoms with van der Waals surface area (Å²) in [6.45, 7) is 4.44. The molecular weight excluding hydrogens is 562 g/mol. The maximum atomic E-state index is 6.38. The zero-order valence-corrected chi connectivity index (χ0v) is 25.1. The molecule has 7 aromatic carbocycles. The van der Waals surface area contributed by atoms with E-state index in [0.29, 0.717) is 18.2 Å². The van der Waals surface area contributed by atoms with Crippen LogP contribution < -0.4 is 0 Å². The van der Waals surface area contributed by atoms with Crippen LogP contribution in [-0.4, -0.2) is 18.4 Å². The van der Waals surface area contributed by atoms with Gasteiger partial charge in [0.05, 0.1) is 6.54 Å². The second-order valence-electron chi connectivity index (χ2n) is 11.3. The molecular formula is C42H29N3O. The fourth-order valence-corrected chi connectivity index (χ4v) is 6.28. The molecule has 0 radical (unpaired) electrons. The fourth-order valence-electron chi connectivity index (χ4n) is 6.28. The molecule has 1 aromatic heterocycles. The monoisotopic (exact) mass is 591 g/mol. The number of aliphatic imine (C=N–C) groups is 3. The van der Waals surface area contributed by atoms with Gasteiger partial charge >= 0.3 is 0 Å². The van der Waals surface area contributed by atoms with Crippen LogP contribution in [0, 0.1) is 0 Å². The van der Waals surface area contributed by atoms with Gasteiger partial charge in [-0.15, -0.1) is 0 Å². The third-order valence-corrected chi connectivity index (χ3v) is 8.46. The minimum Gasteiger partial charge on any atom is -0.456 e. The highest BCUT2D eigenvalue weighted by atomic mass is 16.3. The SMILES string of the molecule is C=NC(=NC(=NCc1ccccc1)c1ccccc1)c1cccc2oc3ccc(-c4cc5ccccc5c5ccccc45)cc3c12. The topological polar surface area (TPSA) is 50.2 Å². The van der Waals surface area contributed by atoms with Crippen LogP contribution in [0.2, 0.25) is 0 Å². The molecule has 4 nitrogen and oxygen atoms in total. The molecule has 0 N–H and O–H groups in total. The van der Waals surface area contributed by atoms with E-state index in [0.717, 1.165) is 44.2 Å². The van der Waals surface area contributed by atoms with Crippen LogP contribution in [0.15, 0.2) is 171 Å². The average molecular weight is 592 g/mol. The quantitative estimate of drug-likeness (QED) is 0.112. The molecule has 0 fully saturated rings. The summed E-state index contributed by atoms with van der Waals surface area (Å²) in [5.74, 6) is 1.09. The Bertz CT molecular complexity index is 2460. The molecule has 0 aliphatic carbocycles. The summed E-state index contributed by atoms with van der Waals surface area (Å²) in [6, 6.07) is 52.1. The number of benzene rings is 7. The fraction of sp³-hybridized carbons (Fsp3) is 0.0238. The van der Waals surface area contributed by atoms with Crippen molar-refractivity contribution in [1.82, 2.24) is 0 Å². The molecule has 8 aromatic rings. The van der Waals surface area contributed by atoms with Crippen LogP contribution in [0.3, 0.4) is 0 Å². The van der Waals surface area contributed by atoms with Gasteiger partial charge in [0.25, 0.3) is 0 Å².